The molecule has 0 aliphatic carbocycles. The van der Waals surface area contributed by atoms with Crippen LogP contribution in [0.15, 0.2) is 0 Å². The predicted octanol–water partition coefficient (Wildman–Crippen LogP) is -0.775. The van der Waals surface area contributed by atoms with Gasteiger partial charge in [0.2, 0.25) is 0 Å². The Balaban J connectivity index is 1.42. The van der Waals surface area contributed by atoms with Gasteiger partial charge in [-0.2, -0.15) is 0 Å². The number of fused-ring (bicyclic) bond motifs is 2. The molecular formula is C9H12O6. The lowest BCUT2D eigenvalue weighted by Gasteiger charge is -2.47. The maximum absolute atomic E-state index is 5.61. The first-order valence-corrected chi connectivity index (χ1v) is 5.23. The lowest BCUT2D eigenvalue weighted by atomic mass is 10.1. The summed E-state index contributed by atoms with van der Waals surface area (Å²) in [6, 6.07) is 0. The Morgan fingerprint density at radius 3 is 2.27 bits per heavy atom. The molecule has 4 rings (SSSR count). The zero-order valence-electron chi connectivity index (χ0n) is 8.03. The Morgan fingerprint density at radius 1 is 0.667 bits per heavy atom. The first-order chi connectivity index (χ1) is 7.42. The van der Waals surface area contributed by atoms with Gasteiger partial charge in [-0.25, -0.2) is 0 Å². The van der Waals surface area contributed by atoms with Crippen molar-refractivity contribution < 1.29 is 28.4 Å². The van der Waals surface area contributed by atoms with Crippen LogP contribution in [0.2, 0.25) is 0 Å². The molecule has 6 atom stereocenters. The van der Waals surface area contributed by atoms with E-state index in [1.54, 1.807) is 0 Å². The summed E-state index contributed by atoms with van der Waals surface area (Å²) in [5, 5.41) is 0. The van der Waals surface area contributed by atoms with Crippen molar-refractivity contribution in [1.82, 2.24) is 0 Å². The van der Waals surface area contributed by atoms with Crippen molar-refractivity contribution in [1.29, 1.82) is 0 Å². The molecule has 0 amide bonds. The molecule has 4 aliphatic rings. The molecule has 4 aliphatic heterocycles. The van der Waals surface area contributed by atoms with E-state index in [1.807, 2.05) is 0 Å². The highest BCUT2D eigenvalue weighted by Crippen LogP contribution is 2.38. The minimum Gasteiger partial charge on any atom is -0.368 e. The van der Waals surface area contributed by atoms with E-state index in [1.165, 1.54) is 0 Å². The summed E-state index contributed by atoms with van der Waals surface area (Å²) in [5.41, 5.74) is 0. The second-order valence-corrected chi connectivity index (χ2v) is 4.06. The molecule has 0 aromatic heterocycles. The zero-order valence-corrected chi connectivity index (χ0v) is 8.03. The molecule has 15 heavy (non-hydrogen) atoms. The van der Waals surface area contributed by atoms with E-state index in [2.05, 4.69) is 0 Å². The molecule has 4 heterocycles. The summed E-state index contributed by atoms with van der Waals surface area (Å²) in [7, 11) is 0. The molecule has 0 radical (unpaired) electrons. The molecule has 0 aromatic carbocycles. The number of hydrogen-bond acceptors (Lipinski definition) is 6. The van der Waals surface area contributed by atoms with Crippen molar-refractivity contribution in [2.45, 2.75) is 37.2 Å². The summed E-state index contributed by atoms with van der Waals surface area (Å²) in [6.07, 6.45) is -0.976. The van der Waals surface area contributed by atoms with Gasteiger partial charge in [-0.15, -0.1) is 0 Å². The fraction of sp³-hybridized carbons (Fsp3) is 1.00. The average Bonchev–Trinajstić information content (AvgIpc) is 2.47. The summed E-state index contributed by atoms with van der Waals surface area (Å²) in [6.45, 7) is 1.81. The predicted molar refractivity (Wildman–Crippen MR) is 43.8 cm³/mol. The highest BCUT2D eigenvalue weighted by atomic mass is 16.9. The van der Waals surface area contributed by atoms with Crippen LogP contribution in [0.25, 0.3) is 0 Å². The quantitative estimate of drug-likeness (QED) is 0.573. The Bertz CT molecular complexity index is 259. The lowest BCUT2D eigenvalue weighted by Crippen LogP contribution is -2.63. The first kappa shape index (κ1) is 8.86. The Morgan fingerprint density at radius 2 is 1.60 bits per heavy atom. The van der Waals surface area contributed by atoms with Crippen molar-refractivity contribution in [3.8, 4) is 0 Å². The number of hydrogen-bond donors (Lipinski definition) is 0. The standard InChI is InChI=1S/C9H12O6/c1-2-11-8-5(10-1)6(14-8)9-13-4-3-12-7(4)15-9/h4-9H,1-3H2. The van der Waals surface area contributed by atoms with Gasteiger partial charge < -0.3 is 28.4 Å². The van der Waals surface area contributed by atoms with Gasteiger partial charge in [0.1, 0.15) is 18.3 Å². The molecule has 0 N–H and O–H groups in total. The smallest absolute Gasteiger partial charge is 0.190 e. The van der Waals surface area contributed by atoms with E-state index in [-0.39, 0.29) is 37.2 Å². The molecule has 0 spiro atoms. The average molecular weight is 216 g/mol. The van der Waals surface area contributed by atoms with Gasteiger partial charge in [-0.3, -0.25) is 0 Å². The molecule has 4 saturated heterocycles. The highest BCUT2D eigenvalue weighted by molar-refractivity contribution is 4.93. The van der Waals surface area contributed by atoms with Gasteiger partial charge in [-0.1, -0.05) is 0 Å². The molecule has 0 saturated carbocycles. The Labute approximate surface area is 86.3 Å². The number of ether oxygens (including phenoxy) is 6. The largest absolute Gasteiger partial charge is 0.368 e. The molecule has 84 valence electrons. The number of rotatable bonds is 1. The molecule has 4 fully saturated rings. The van der Waals surface area contributed by atoms with E-state index >= 15 is 0 Å². The SMILES string of the molecule is C1COC2C(O1)OC2C1OC2COC2O1. The second kappa shape index (κ2) is 3.13. The maximum Gasteiger partial charge on any atom is 0.190 e. The van der Waals surface area contributed by atoms with Crippen LogP contribution in [0.1, 0.15) is 0 Å². The van der Waals surface area contributed by atoms with Crippen LogP contribution in [-0.4, -0.2) is 57.0 Å². The third-order valence-electron chi connectivity index (χ3n) is 3.13. The van der Waals surface area contributed by atoms with E-state index < -0.39 is 0 Å². The maximum atomic E-state index is 5.61. The van der Waals surface area contributed by atoms with Gasteiger partial charge in [0.05, 0.1) is 19.8 Å². The normalized spacial score (nSPS) is 57.6. The molecule has 0 bridgehead atoms. The van der Waals surface area contributed by atoms with Gasteiger partial charge in [0, 0.05) is 0 Å². The Hall–Kier alpha value is -0.240. The van der Waals surface area contributed by atoms with Crippen LogP contribution < -0.4 is 0 Å². The minimum atomic E-state index is -0.370. The van der Waals surface area contributed by atoms with Crippen LogP contribution in [0.5, 0.6) is 0 Å². The summed E-state index contributed by atoms with van der Waals surface area (Å²) >= 11 is 0. The summed E-state index contributed by atoms with van der Waals surface area (Å²) < 4.78 is 32.7. The van der Waals surface area contributed by atoms with E-state index in [0.717, 1.165) is 0 Å². The van der Waals surface area contributed by atoms with E-state index in [0.29, 0.717) is 19.8 Å². The van der Waals surface area contributed by atoms with Crippen LogP contribution >= 0.6 is 0 Å². The van der Waals surface area contributed by atoms with Crippen molar-refractivity contribution in [3.63, 3.8) is 0 Å². The monoisotopic (exact) mass is 216 g/mol. The second-order valence-electron chi connectivity index (χ2n) is 4.06. The molecule has 6 unspecified atom stereocenters. The topological polar surface area (TPSA) is 55.4 Å². The first-order valence-electron chi connectivity index (χ1n) is 5.23. The summed E-state index contributed by atoms with van der Waals surface area (Å²) in [5.74, 6) is 0. The van der Waals surface area contributed by atoms with Crippen molar-refractivity contribution in [3.05, 3.63) is 0 Å². The molecule has 6 heteroatoms. The van der Waals surface area contributed by atoms with E-state index in [9.17, 15) is 0 Å². The van der Waals surface area contributed by atoms with Crippen molar-refractivity contribution in [2.75, 3.05) is 19.8 Å². The van der Waals surface area contributed by atoms with Crippen molar-refractivity contribution in [2.24, 2.45) is 0 Å². The fourth-order valence-electron chi connectivity index (χ4n) is 2.23. The van der Waals surface area contributed by atoms with Gasteiger partial charge in [0.25, 0.3) is 0 Å². The fourth-order valence-corrected chi connectivity index (χ4v) is 2.23. The molecule has 0 aromatic rings. The van der Waals surface area contributed by atoms with Gasteiger partial charge in [-0.05, 0) is 0 Å². The zero-order chi connectivity index (χ0) is 9.83. The van der Waals surface area contributed by atoms with E-state index in [4.69, 9.17) is 28.4 Å². The van der Waals surface area contributed by atoms with Crippen LogP contribution in [0.4, 0.5) is 0 Å². The highest BCUT2D eigenvalue weighted by Gasteiger charge is 2.57. The van der Waals surface area contributed by atoms with Crippen LogP contribution in [-0.2, 0) is 28.4 Å². The van der Waals surface area contributed by atoms with Crippen molar-refractivity contribution >= 4 is 0 Å². The minimum absolute atomic E-state index is 0.0544. The van der Waals surface area contributed by atoms with Gasteiger partial charge in [0.15, 0.2) is 18.9 Å². The van der Waals surface area contributed by atoms with Gasteiger partial charge >= 0.3 is 0 Å². The third-order valence-corrected chi connectivity index (χ3v) is 3.13. The lowest BCUT2D eigenvalue weighted by molar-refractivity contribution is -0.394. The summed E-state index contributed by atoms with van der Waals surface area (Å²) in [4.78, 5) is 0. The van der Waals surface area contributed by atoms with Crippen LogP contribution in [0.3, 0.4) is 0 Å². The molecule has 6 nitrogen and oxygen atoms in total. The Kier molecular flexibility index (Phi) is 1.85. The van der Waals surface area contributed by atoms with Crippen LogP contribution in [0, 0.1) is 0 Å². The third kappa shape index (κ3) is 1.20. The molecular weight excluding hydrogens is 204 g/mol.